The zero-order valence-electron chi connectivity index (χ0n) is 8.83. The van der Waals surface area contributed by atoms with Crippen molar-refractivity contribution >= 4 is 11.6 Å². The first-order valence-corrected chi connectivity index (χ1v) is 4.76. The molecular weight excluding hydrogens is 230 g/mol. The van der Waals surface area contributed by atoms with Crippen LogP contribution in [-0.4, -0.2) is 11.1 Å². The van der Waals surface area contributed by atoms with E-state index in [0.717, 1.165) is 12.1 Å². The van der Waals surface area contributed by atoms with E-state index in [2.05, 4.69) is 15.0 Å². The van der Waals surface area contributed by atoms with Crippen LogP contribution in [0.1, 0.15) is 16.1 Å². The Morgan fingerprint density at radius 2 is 2.00 bits per heavy atom. The van der Waals surface area contributed by atoms with Gasteiger partial charge in [0.1, 0.15) is 17.3 Å². The predicted molar refractivity (Wildman–Crippen MR) is 55.6 cm³/mol. The first-order chi connectivity index (χ1) is 8.09. The second kappa shape index (κ2) is 4.32. The Labute approximate surface area is 95.2 Å². The molecule has 0 fully saturated rings. The fraction of sp³-hybridized carbons (Fsp3) is 0.0909. The molecule has 0 bridgehead atoms. The molecule has 2 aromatic rings. The van der Waals surface area contributed by atoms with Crippen LogP contribution in [-0.2, 0) is 0 Å². The van der Waals surface area contributed by atoms with Crippen LogP contribution in [0.15, 0.2) is 28.9 Å². The number of hydrogen-bond acceptors (Lipinski definition) is 3. The van der Waals surface area contributed by atoms with Crippen molar-refractivity contribution in [1.82, 2.24) is 5.16 Å². The number of nitrogens with zero attached hydrogens (tertiary/aromatic N) is 1. The Morgan fingerprint density at radius 3 is 2.53 bits per heavy atom. The molecule has 0 aliphatic carbocycles. The number of rotatable bonds is 2. The van der Waals surface area contributed by atoms with Gasteiger partial charge in [-0.1, -0.05) is 11.2 Å². The van der Waals surface area contributed by atoms with Crippen molar-refractivity contribution in [3.8, 4) is 0 Å². The van der Waals surface area contributed by atoms with Crippen molar-refractivity contribution in [3.63, 3.8) is 0 Å². The van der Waals surface area contributed by atoms with Crippen LogP contribution in [0.5, 0.6) is 0 Å². The minimum atomic E-state index is -0.851. The Morgan fingerprint density at radius 1 is 1.35 bits per heavy atom. The summed E-state index contributed by atoms with van der Waals surface area (Å²) in [6.07, 6.45) is 1.34. The standard InChI is InChI=1S/C11H8F2N2O2/c1-6-5-14-17-10(6)11(16)15-9-7(12)3-2-4-8(9)13/h2-5H,1H3,(H,15,16). The molecule has 0 aliphatic heterocycles. The molecule has 0 saturated carbocycles. The summed E-state index contributed by atoms with van der Waals surface area (Å²) in [6.45, 7) is 1.60. The van der Waals surface area contributed by atoms with Crippen LogP contribution in [0.2, 0.25) is 0 Å². The lowest BCUT2D eigenvalue weighted by atomic mass is 10.2. The Balaban J connectivity index is 2.28. The SMILES string of the molecule is Cc1cnoc1C(=O)Nc1c(F)cccc1F. The molecule has 17 heavy (non-hydrogen) atoms. The number of anilines is 1. The quantitative estimate of drug-likeness (QED) is 0.874. The molecule has 0 aliphatic rings. The van der Waals surface area contributed by atoms with Crippen LogP contribution < -0.4 is 5.32 Å². The lowest BCUT2D eigenvalue weighted by Crippen LogP contribution is -2.14. The number of aryl methyl sites for hydroxylation is 1. The summed E-state index contributed by atoms with van der Waals surface area (Å²) in [4.78, 5) is 11.6. The van der Waals surface area contributed by atoms with Crippen LogP contribution in [0.4, 0.5) is 14.5 Å². The molecule has 0 radical (unpaired) electrons. The second-order valence-corrected chi connectivity index (χ2v) is 3.39. The molecule has 2 rings (SSSR count). The highest BCUT2D eigenvalue weighted by atomic mass is 19.1. The summed E-state index contributed by atoms with van der Waals surface area (Å²) in [5, 5.41) is 5.50. The fourth-order valence-electron chi connectivity index (χ4n) is 1.30. The summed E-state index contributed by atoms with van der Waals surface area (Å²) >= 11 is 0. The number of para-hydroxylation sites is 1. The van der Waals surface area contributed by atoms with E-state index in [1.807, 2.05) is 0 Å². The third-order valence-corrected chi connectivity index (χ3v) is 2.16. The third-order valence-electron chi connectivity index (χ3n) is 2.16. The topological polar surface area (TPSA) is 55.1 Å². The van der Waals surface area contributed by atoms with Crippen molar-refractivity contribution in [2.45, 2.75) is 6.92 Å². The minimum Gasteiger partial charge on any atom is -0.351 e. The normalized spacial score (nSPS) is 10.3. The van der Waals surface area contributed by atoms with Crippen molar-refractivity contribution < 1.29 is 18.1 Å². The number of aromatic nitrogens is 1. The van der Waals surface area contributed by atoms with E-state index in [1.165, 1.54) is 12.3 Å². The van der Waals surface area contributed by atoms with Gasteiger partial charge in [-0.3, -0.25) is 4.79 Å². The van der Waals surface area contributed by atoms with E-state index < -0.39 is 23.2 Å². The lowest BCUT2D eigenvalue weighted by Gasteiger charge is -2.05. The summed E-state index contributed by atoms with van der Waals surface area (Å²) < 4.78 is 31.2. The second-order valence-electron chi connectivity index (χ2n) is 3.39. The summed E-state index contributed by atoms with van der Waals surface area (Å²) in [7, 11) is 0. The highest BCUT2D eigenvalue weighted by Crippen LogP contribution is 2.19. The smallest absolute Gasteiger partial charge is 0.294 e. The van der Waals surface area contributed by atoms with Gasteiger partial charge in [0, 0.05) is 5.56 Å². The number of carbonyl (C=O) groups excluding carboxylic acids is 1. The summed E-state index contributed by atoms with van der Waals surface area (Å²) in [5.41, 5.74) is -0.0208. The number of amides is 1. The molecular formula is C11H8F2N2O2. The van der Waals surface area contributed by atoms with E-state index >= 15 is 0 Å². The molecule has 1 heterocycles. The van der Waals surface area contributed by atoms with Gasteiger partial charge in [0.2, 0.25) is 5.76 Å². The Kier molecular flexibility index (Phi) is 2.86. The number of carbonyl (C=O) groups is 1. The Bertz CT molecular complexity index is 546. The van der Waals surface area contributed by atoms with Crippen LogP contribution >= 0.6 is 0 Å². The van der Waals surface area contributed by atoms with Gasteiger partial charge >= 0.3 is 0 Å². The maximum absolute atomic E-state index is 13.3. The molecule has 4 nitrogen and oxygen atoms in total. The van der Waals surface area contributed by atoms with Crippen LogP contribution in [0.3, 0.4) is 0 Å². The zero-order valence-corrected chi connectivity index (χ0v) is 8.83. The van der Waals surface area contributed by atoms with Gasteiger partial charge in [0.05, 0.1) is 6.20 Å². The van der Waals surface area contributed by atoms with Gasteiger partial charge in [-0.2, -0.15) is 0 Å². The maximum atomic E-state index is 13.3. The fourth-order valence-corrected chi connectivity index (χ4v) is 1.30. The van der Waals surface area contributed by atoms with Gasteiger partial charge in [0.15, 0.2) is 0 Å². The largest absolute Gasteiger partial charge is 0.351 e. The highest BCUT2D eigenvalue weighted by molar-refractivity contribution is 6.03. The van der Waals surface area contributed by atoms with E-state index in [-0.39, 0.29) is 5.76 Å². The van der Waals surface area contributed by atoms with Crippen molar-refractivity contribution in [1.29, 1.82) is 0 Å². The van der Waals surface area contributed by atoms with E-state index in [0.29, 0.717) is 5.56 Å². The van der Waals surface area contributed by atoms with E-state index in [4.69, 9.17) is 0 Å². The highest BCUT2D eigenvalue weighted by Gasteiger charge is 2.18. The molecule has 0 spiro atoms. The first-order valence-electron chi connectivity index (χ1n) is 4.76. The van der Waals surface area contributed by atoms with Crippen molar-refractivity contribution in [2.24, 2.45) is 0 Å². The third kappa shape index (κ3) is 2.15. The van der Waals surface area contributed by atoms with Gasteiger partial charge in [-0.15, -0.1) is 0 Å². The number of hydrogen-bond donors (Lipinski definition) is 1. The molecule has 1 aromatic carbocycles. The molecule has 0 atom stereocenters. The molecule has 1 aromatic heterocycles. The molecule has 1 amide bonds. The maximum Gasteiger partial charge on any atom is 0.294 e. The molecule has 6 heteroatoms. The summed E-state index contributed by atoms with van der Waals surface area (Å²) in [5.74, 6) is -2.53. The van der Waals surface area contributed by atoms with Gasteiger partial charge in [-0.05, 0) is 19.1 Å². The van der Waals surface area contributed by atoms with E-state index in [9.17, 15) is 13.6 Å². The number of benzene rings is 1. The van der Waals surface area contributed by atoms with Crippen molar-refractivity contribution in [2.75, 3.05) is 5.32 Å². The Hall–Kier alpha value is -2.24. The van der Waals surface area contributed by atoms with Crippen molar-refractivity contribution in [3.05, 3.63) is 47.4 Å². The number of halogens is 2. The molecule has 88 valence electrons. The lowest BCUT2D eigenvalue weighted by molar-refractivity contribution is 0.0986. The average molecular weight is 238 g/mol. The number of nitrogens with one attached hydrogen (secondary N) is 1. The summed E-state index contributed by atoms with van der Waals surface area (Å²) in [6, 6.07) is 3.30. The first kappa shape index (κ1) is 11.3. The monoisotopic (exact) mass is 238 g/mol. The van der Waals surface area contributed by atoms with Crippen LogP contribution in [0.25, 0.3) is 0 Å². The molecule has 0 unspecified atom stereocenters. The van der Waals surface area contributed by atoms with Crippen LogP contribution in [0, 0.1) is 18.6 Å². The minimum absolute atomic E-state index is 0.0762. The van der Waals surface area contributed by atoms with Gasteiger partial charge < -0.3 is 9.84 Å². The zero-order chi connectivity index (χ0) is 12.4. The van der Waals surface area contributed by atoms with E-state index in [1.54, 1.807) is 6.92 Å². The molecule has 1 N–H and O–H groups in total. The average Bonchev–Trinajstić information content (AvgIpc) is 2.70. The molecule has 0 saturated heterocycles. The van der Waals surface area contributed by atoms with Gasteiger partial charge in [-0.25, -0.2) is 8.78 Å². The van der Waals surface area contributed by atoms with Gasteiger partial charge in [0.25, 0.3) is 5.91 Å². The predicted octanol–water partition coefficient (Wildman–Crippen LogP) is 2.51.